The Kier molecular flexibility index (Phi) is 4.70. The van der Waals surface area contributed by atoms with E-state index in [9.17, 15) is 8.42 Å². The van der Waals surface area contributed by atoms with Crippen molar-refractivity contribution in [2.24, 2.45) is 0 Å². The Morgan fingerprint density at radius 2 is 1.81 bits per heavy atom. The molecule has 4 nitrogen and oxygen atoms in total. The fourth-order valence-electron chi connectivity index (χ4n) is 2.00. The topological polar surface area (TPSA) is 58.2 Å². The van der Waals surface area contributed by atoms with Crippen molar-refractivity contribution in [1.82, 2.24) is 5.32 Å². The van der Waals surface area contributed by atoms with Gasteiger partial charge in [0.2, 0.25) is 0 Å². The maximum Gasteiger partial charge on any atom is 0.271 e. The maximum atomic E-state index is 12.5. The third kappa shape index (κ3) is 3.64. The summed E-state index contributed by atoms with van der Waals surface area (Å²) in [6.45, 7) is 6.44. The van der Waals surface area contributed by atoms with E-state index in [0.717, 1.165) is 21.6 Å². The lowest BCUT2D eigenvalue weighted by atomic mass is 10.1. The van der Waals surface area contributed by atoms with E-state index in [-0.39, 0.29) is 0 Å². The fraction of sp³-hybridized carbons (Fsp3) is 0.333. The maximum absolute atomic E-state index is 12.5. The Hall–Kier alpha value is -1.37. The lowest BCUT2D eigenvalue weighted by molar-refractivity contribution is 0.603. The first-order valence-corrected chi connectivity index (χ1v) is 8.97. The summed E-state index contributed by atoms with van der Waals surface area (Å²) in [4.78, 5) is 1.04. The van der Waals surface area contributed by atoms with Crippen molar-refractivity contribution >= 4 is 27.0 Å². The minimum Gasteiger partial charge on any atom is -0.315 e. The van der Waals surface area contributed by atoms with E-state index in [1.165, 1.54) is 11.3 Å². The number of hydrogen-bond acceptors (Lipinski definition) is 4. The predicted octanol–water partition coefficient (Wildman–Crippen LogP) is 3.19. The van der Waals surface area contributed by atoms with Crippen LogP contribution >= 0.6 is 11.3 Å². The van der Waals surface area contributed by atoms with Crippen LogP contribution in [0.15, 0.2) is 28.5 Å². The monoisotopic (exact) mass is 324 g/mol. The Bertz CT molecular complexity index is 749. The number of nitrogens with one attached hydrogen (secondary N) is 2. The minimum absolute atomic E-state index is 0.353. The molecule has 114 valence electrons. The van der Waals surface area contributed by atoms with Gasteiger partial charge in [-0.15, -0.1) is 11.3 Å². The first-order valence-electron chi connectivity index (χ1n) is 6.67. The van der Waals surface area contributed by atoms with Crippen molar-refractivity contribution in [2.45, 2.75) is 31.5 Å². The van der Waals surface area contributed by atoms with Crippen LogP contribution in [-0.4, -0.2) is 15.5 Å². The first-order chi connectivity index (χ1) is 9.83. The summed E-state index contributed by atoms with van der Waals surface area (Å²) in [7, 11) is -1.68. The average molecular weight is 324 g/mol. The number of anilines is 1. The van der Waals surface area contributed by atoms with Gasteiger partial charge in [-0.3, -0.25) is 4.72 Å². The van der Waals surface area contributed by atoms with Crippen molar-refractivity contribution < 1.29 is 8.42 Å². The van der Waals surface area contributed by atoms with E-state index in [0.29, 0.717) is 16.4 Å². The number of thiophene rings is 1. The molecule has 0 amide bonds. The number of hydrogen-bond donors (Lipinski definition) is 2. The van der Waals surface area contributed by atoms with Gasteiger partial charge >= 0.3 is 0 Å². The molecule has 0 aliphatic rings. The van der Waals surface area contributed by atoms with Gasteiger partial charge in [0.25, 0.3) is 10.0 Å². The Morgan fingerprint density at radius 1 is 1.10 bits per heavy atom. The zero-order chi connectivity index (χ0) is 15.6. The van der Waals surface area contributed by atoms with Gasteiger partial charge in [0, 0.05) is 11.4 Å². The molecule has 0 saturated heterocycles. The van der Waals surface area contributed by atoms with E-state index in [2.05, 4.69) is 10.0 Å². The van der Waals surface area contributed by atoms with E-state index < -0.39 is 10.0 Å². The minimum atomic E-state index is -3.53. The van der Waals surface area contributed by atoms with Crippen LogP contribution < -0.4 is 10.0 Å². The van der Waals surface area contributed by atoms with Gasteiger partial charge in [-0.1, -0.05) is 12.1 Å². The van der Waals surface area contributed by atoms with Crippen LogP contribution in [0.3, 0.4) is 0 Å². The quantitative estimate of drug-likeness (QED) is 0.888. The summed E-state index contributed by atoms with van der Waals surface area (Å²) in [5, 5.41) is 3.05. The molecule has 0 bridgehead atoms. The van der Waals surface area contributed by atoms with Gasteiger partial charge in [-0.25, -0.2) is 8.42 Å². The van der Waals surface area contributed by atoms with Crippen molar-refractivity contribution in [1.29, 1.82) is 0 Å². The van der Waals surface area contributed by atoms with Crippen LogP contribution in [0, 0.1) is 20.8 Å². The Morgan fingerprint density at radius 3 is 2.48 bits per heavy atom. The number of sulfonamides is 1. The zero-order valence-electron chi connectivity index (χ0n) is 12.6. The molecule has 0 fully saturated rings. The molecule has 0 aliphatic carbocycles. The molecule has 0 atom stereocenters. The fourth-order valence-corrected chi connectivity index (χ4v) is 4.72. The molecular weight excluding hydrogens is 304 g/mol. The van der Waals surface area contributed by atoms with Gasteiger partial charge < -0.3 is 5.32 Å². The van der Waals surface area contributed by atoms with Gasteiger partial charge in [-0.2, -0.15) is 0 Å². The first kappa shape index (κ1) is 16.0. The van der Waals surface area contributed by atoms with Crippen molar-refractivity contribution in [3.8, 4) is 0 Å². The molecule has 0 radical (unpaired) electrons. The average Bonchev–Trinajstić information content (AvgIpc) is 2.77. The van der Waals surface area contributed by atoms with Crippen LogP contribution in [0.1, 0.15) is 21.6 Å². The number of rotatable bonds is 5. The molecule has 2 rings (SSSR count). The lowest BCUT2D eigenvalue weighted by Gasteiger charge is -2.10. The number of aryl methyl sites for hydroxylation is 3. The van der Waals surface area contributed by atoms with E-state index in [1.54, 1.807) is 6.07 Å². The van der Waals surface area contributed by atoms with E-state index in [4.69, 9.17) is 0 Å². The highest BCUT2D eigenvalue weighted by Crippen LogP contribution is 2.28. The van der Waals surface area contributed by atoms with Gasteiger partial charge in [0.15, 0.2) is 0 Å². The second-order valence-electron chi connectivity index (χ2n) is 5.13. The highest BCUT2D eigenvalue weighted by atomic mass is 32.2. The predicted molar refractivity (Wildman–Crippen MR) is 88.5 cm³/mol. The molecule has 0 saturated carbocycles. The molecule has 2 aromatic rings. The molecule has 0 spiro atoms. The van der Waals surface area contributed by atoms with E-state index in [1.807, 2.05) is 46.0 Å². The molecule has 1 heterocycles. The van der Waals surface area contributed by atoms with Crippen LogP contribution in [0.25, 0.3) is 0 Å². The van der Waals surface area contributed by atoms with Crippen LogP contribution in [0.4, 0.5) is 5.69 Å². The van der Waals surface area contributed by atoms with Crippen LogP contribution in [0.5, 0.6) is 0 Å². The summed E-state index contributed by atoms with van der Waals surface area (Å²) in [6, 6.07) is 7.46. The molecule has 0 unspecified atom stereocenters. The molecule has 6 heteroatoms. The SMILES string of the molecule is CNCc1sc(S(=O)(=O)Nc2cc(C)ccc2C)cc1C. The van der Waals surface area contributed by atoms with Crippen molar-refractivity contribution in [2.75, 3.05) is 11.8 Å². The number of benzene rings is 1. The molecule has 1 aromatic carbocycles. The van der Waals surface area contributed by atoms with Crippen LogP contribution in [-0.2, 0) is 16.6 Å². The van der Waals surface area contributed by atoms with Gasteiger partial charge in [0.1, 0.15) is 4.21 Å². The van der Waals surface area contributed by atoms with Gasteiger partial charge in [-0.05, 0) is 56.6 Å². The second kappa shape index (κ2) is 6.17. The van der Waals surface area contributed by atoms with Crippen LogP contribution in [0.2, 0.25) is 0 Å². The molecule has 1 aromatic heterocycles. The van der Waals surface area contributed by atoms with Crippen molar-refractivity contribution in [3.63, 3.8) is 0 Å². The molecular formula is C15H20N2O2S2. The summed E-state index contributed by atoms with van der Waals surface area (Å²) >= 11 is 1.31. The molecule has 0 aliphatic heterocycles. The highest BCUT2D eigenvalue weighted by molar-refractivity contribution is 7.94. The second-order valence-corrected chi connectivity index (χ2v) is 8.17. The third-order valence-corrected chi connectivity index (χ3v) is 6.31. The smallest absolute Gasteiger partial charge is 0.271 e. The summed E-state index contributed by atoms with van der Waals surface area (Å²) in [5.74, 6) is 0. The summed E-state index contributed by atoms with van der Waals surface area (Å²) < 4.78 is 28.1. The largest absolute Gasteiger partial charge is 0.315 e. The van der Waals surface area contributed by atoms with Crippen molar-refractivity contribution in [3.05, 3.63) is 45.8 Å². The lowest BCUT2D eigenvalue weighted by Crippen LogP contribution is -2.12. The highest BCUT2D eigenvalue weighted by Gasteiger charge is 2.19. The Labute approximate surface area is 130 Å². The molecule has 2 N–H and O–H groups in total. The zero-order valence-corrected chi connectivity index (χ0v) is 14.3. The Balaban J connectivity index is 2.34. The van der Waals surface area contributed by atoms with Gasteiger partial charge in [0.05, 0.1) is 5.69 Å². The normalized spacial score (nSPS) is 11.6. The molecule has 21 heavy (non-hydrogen) atoms. The summed E-state index contributed by atoms with van der Waals surface area (Å²) in [5.41, 5.74) is 3.57. The summed E-state index contributed by atoms with van der Waals surface area (Å²) in [6.07, 6.45) is 0. The standard InChI is InChI=1S/C15H20N2O2S2/c1-10-5-6-11(2)13(7-10)17-21(18,19)15-8-12(3)14(20-15)9-16-4/h5-8,16-17H,9H2,1-4H3. The van der Waals surface area contributed by atoms with E-state index >= 15 is 0 Å². The third-order valence-electron chi connectivity index (χ3n) is 3.24.